The highest BCUT2D eigenvalue weighted by Gasteiger charge is 2.29. The minimum absolute atomic E-state index is 0.279. The second kappa shape index (κ2) is 5.25. The Bertz CT molecular complexity index is 1040. The lowest BCUT2D eigenvalue weighted by Gasteiger charge is -2.23. The molecule has 5 rings (SSSR count). The van der Waals surface area contributed by atoms with Gasteiger partial charge in [-0.25, -0.2) is 0 Å². The molecule has 1 heterocycles. The van der Waals surface area contributed by atoms with Crippen LogP contribution in [0.5, 0.6) is 0 Å². The van der Waals surface area contributed by atoms with Crippen LogP contribution in [0.15, 0.2) is 77.3 Å². The van der Waals surface area contributed by atoms with E-state index in [9.17, 15) is 0 Å². The van der Waals surface area contributed by atoms with Gasteiger partial charge >= 0.3 is 0 Å². The maximum atomic E-state index is 6.45. The SMILES string of the molecule is Clc1ccccc1-c1cccc2oc3c(c12)C=CC1C=CC=CC31. The summed E-state index contributed by atoms with van der Waals surface area (Å²) >= 11 is 6.45. The molecule has 0 saturated heterocycles. The highest BCUT2D eigenvalue weighted by atomic mass is 35.5. The Labute approximate surface area is 145 Å². The van der Waals surface area contributed by atoms with Crippen molar-refractivity contribution in [3.8, 4) is 11.1 Å². The number of fused-ring (bicyclic) bond motifs is 5. The first-order chi connectivity index (χ1) is 11.8. The molecule has 0 bridgehead atoms. The van der Waals surface area contributed by atoms with E-state index in [2.05, 4.69) is 48.6 Å². The molecule has 2 unspecified atom stereocenters. The summed E-state index contributed by atoms with van der Waals surface area (Å²) in [6.45, 7) is 0. The number of rotatable bonds is 1. The van der Waals surface area contributed by atoms with Crippen LogP contribution < -0.4 is 0 Å². The highest BCUT2D eigenvalue weighted by Crippen LogP contribution is 2.45. The van der Waals surface area contributed by atoms with Gasteiger partial charge in [-0.1, -0.05) is 78.4 Å². The average Bonchev–Trinajstić information content (AvgIpc) is 3.01. The fraction of sp³-hybridized carbons (Fsp3) is 0.0909. The van der Waals surface area contributed by atoms with E-state index in [1.54, 1.807) is 0 Å². The molecule has 2 aliphatic rings. The molecule has 3 aromatic rings. The monoisotopic (exact) mass is 330 g/mol. The van der Waals surface area contributed by atoms with Gasteiger partial charge in [-0.05, 0) is 17.7 Å². The van der Waals surface area contributed by atoms with Crippen molar-refractivity contribution in [2.45, 2.75) is 5.92 Å². The van der Waals surface area contributed by atoms with Crippen LogP contribution in [0.2, 0.25) is 5.02 Å². The van der Waals surface area contributed by atoms with Gasteiger partial charge in [0.05, 0.1) is 0 Å². The first kappa shape index (κ1) is 13.9. The molecule has 116 valence electrons. The van der Waals surface area contributed by atoms with Crippen molar-refractivity contribution in [2.24, 2.45) is 5.92 Å². The van der Waals surface area contributed by atoms with Gasteiger partial charge in [0.1, 0.15) is 11.3 Å². The van der Waals surface area contributed by atoms with Crippen molar-refractivity contribution < 1.29 is 4.42 Å². The number of halogens is 1. The molecule has 0 spiro atoms. The molecule has 0 amide bonds. The Balaban J connectivity index is 1.81. The summed E-state index contributed by atoms with van der Waals surface area (Å²) in [6.07, 6.45) is 13.1. The molecule has 0 fully saturated rings. The second-order valence-corrected chi connectivity index (χ2v) is 6.68. The van der Waals surface area contributed by atoms with E-state index in [4.69, 9.17) is 16.0 Å². The molecule has 2 atom stereocenters. The maximum absolute atomic E-state index is 6.45. The van der Waals surface area contributed by atoms with Gasteiger partial charge in [-0.2, -0.15) is 0 Å². The number of hydrogen-bond acceptors (Lipinski definition) is 1. The summed E-state index contributed by atoms with van der Waals surface area (Å²) in [5.41, 5.74) is 4.27. The van der Waals surface area contributed by atoms with Crippen molar-refractivity contribution in [2.75, 3.05) is 0 Å². The third-order valence-corrected chi connectivity index (χ3v) is 5.24. The average molecular weight is 331 g/mol. The summed E-state index contributed by atoms with van der Waals surface area (Å²) in [4.78, 5) is 0. The zero-order valence-corrected chi connectivity index (χ0v) is 13.7. The summed E-state index contributed by atoms with van der Waals surface area (Å²) < 4.78 is 6.28. The van der Waals surface area contributed by atoms with Crippen LogP contribution in [0.1, 0.15) is 17.2 Å². The Hall–Kier alpha value is -2.51. The minimum Gasteiger partial charge on any atom is -0.460 e. The van der Waals surface area contributed by atoms with Gasteiger partial charge in [0.2, 0.25) is 0 Å². The smallest absolute Gasteiger partial charge is 0.135 e. The van der Waals surface area contributed by atoms with Crippen LogP contribution in [-0.2, 0) is 0 Å². The van der Waals surface area contributed by atoms with Crippen LogP contribution in [-0.4, -0.2) is 0 Å². The third kappa shape index (κ3) is 1.95. The number of benzene rings is 2. The molecule has 1 aromatic heterocycles. The van der Waals surface area contributed by atoms with Gasteiger partial charge < -0.3 is 4.42 Å². The summed E-state index contributed by atoms with van der Waals surface area (Å²) in [5.74, 6) is 1.71. The molecule has 1 nitrogen and oxygen atoms in total. The van der Waals surface area contributed by atoms with E-state index in [1.165, 1.54) is 5.56 Å². The number of furan rings is 1. The van der Waals surface area contributed by atoms with Gasteiger partial charge in [0.25, 0.3) is 0 Å². The highest BCUT2D eigenvalue weighted by molar-refractivity contribution is 6.33. The molecule has 0 radical (unpaired) electrons. The molecule has 0 aliphatic heterocycles. The van der Waals surface area contributed by atoms with E-state index in [0.717, 1.165) is 32.9 Å². The predicted molar refractivity (Wildman–Crippen MR) is 100 cm³/mol. The van der Waals surface area contributed by atoms with Gasteiger partial charge in [0, 0.05) is 33.4 Å². The van der Waals surface area contributed by atoms with Gasteiger partial charge in [-0.15, -0.1) is 0 Å². The standard InChI is InChI=1S/C22H15ClO/c23-19-10-4-3-8-16(19)17-9-5-11-20-21(17)18-13-12-14-6-1-2-7-15(14)22(18)24-20/h1-15H. The lowest BCUT2D eigenvalue weighted by atomic mass is 9.80. The fourth-order valence-electron chi connectivity index (χ4n) is 3.79. The first-order valence-electron chi connectivity index (χ1n) is 8.16. The molecular formula is C22H15ClO. The van der Waals surface area contributed by atoms with Gasteiger partial charge in [-0.3, -0.25) is 0 Å². The Morgan fingerprint density at radius 1 is 0.833 bits per heavy atom. The van der Waals surface area contributed by atoms with E-state index < -0.39 is 0 Å². The Morgan fingerprint density at radius 3 is 2.58 bits per heavy atom. The van der Waals surface area contributed by atoms with E-state index in [0.29, 0.717) is 5.92 Å². The van der Waals surface area contributed by atoms with Crippen LogP contribution in [0.4, 0.5) is 0 Å². The fourth-order valence-corrected chi connectivity index (χ4v) is 4.02. The van der Waals surface area contributed by atoms with Crippen molar-refractivity contribution in [1.82, 2.24) is 0 Å². The lowest BCUT2D eigenvalue weighted by molar-refractivity contribution is 0.492. The quantitative estimate of drug-likeness (QED) is 0.489. The maximum Gasteiger partial charge on any atom is 0.135 e. The zero-order chi connectivity index (χ0) is 16.1. The van der Waals surface area contributed by atoms with Crippen molar-refractivity contribution in [3.05, 3.63) is 89.2 Å². The predicted octanol–water partition coefficient (Wildman–Crippen LogP) is 6.61. The second-order valence-electron chi connectivity index (χ2n) is 6.27. The molecular weight excluding hydrogens is 316 g/mol. The largest absolute Gasteiger partial charge is 0.460 e. The molecule has 2 heteroatoms. The van der Waals surface area contributed by atoms with Crippen LogP contribution >= 0.6 is 11.6 Å². The minimum atomic E-state index is 0.279. The van der Waals surface area contributed by atoms with Gasteiger partial charge in [0.15, 0.2) is 0 Å². The molecule has 0 N–H and O–H groups in total. The van der Waals surface area contributed by atoms with Crippen LogP contribution in [0.25, 0.3) is 28.2 Å². The first-order valence-corrected chi connectivity index (χ1v) is 8.54. The zero-order valence-electron chi connectivity index (χ0n) is 12.9. The number of allylic oxidation sites excluding steroid dienone is 5. The summed E-state index contributed by atoms with van der Waals surface area (Å²) in [6, 6.07) is 14.2. The molecule has 2 aliphatic carbocycles. The molecule has 2 aromatic carbocycles. The van der Waals surface area contributed by atoms with Crippen LogP contribution in [0.3, 0.4) is 0 Å². The van der Waals surface area contributed by atoms with Crippen molar-refractivity contribution >= 4 is 28.6 Å². The third-order valence-electron chi connectivity index (χ3n) is 4.91. The lowest BCUT2D eigenvalue weighted by Crippen LogP contribution is -2.11. The van der Waals surface area contributed by atoms with Crippen LogP contribution in [0, 0.1) is 5.92 Å². The normalized spacial score (nSPS) is 21.0. The van der Waals surface area contributed by atoms with E-state index in [1.807, 2.05) is 30.3 Å². The summed E-state index contributed by atoms with van der Waals surface area (Å²) in [5, 5.41) is 1.91. The van der Waals surface area contributed by atoms with Crippen molar-refractivity contribution in [1.29, 1.82) is 0 Å². The molecule has 24 heavy (non-hydrogen) atoms. The molecule has 0 saturated carbocycles. The Morgan fingerprint density at radius 2 is 1.67 bits per heavy atom. The van der Waals surface area contributed by atoms with E-state index >= 15 is 0 Å². The topological polar surface area (TPSA) is 13.1 Å². The summed E-state index contributed by atoms with van der Waals surface area (Å²) in [7, 11) is 0. The van der Waals surface area contributed by atoms with Crippen molar-refractivity contribution in [3.63, 3.8) is 0 Å². The number of hydrogen-bond donors (Lipinski definition) is 0. The van der Waals surface area contributed by atoms with E-state index in [-0.39, 0.29) is 5.92 Å². The Kier molecular flexibility index (Phi) is 3.04.